The van der Waals surface area contributed by atoms with Crippen LogP contribution in [-0.2, 0) is 6.42 Å². The summed E-state index contributed by atoms with van der Waals surface area (Å²) < 4.78 is 0. The molecule has 3 aromatic rings. The Balaban J connectivity index is 1.68. The number of aromatic amines is 1. The Morgan fingerprint density at radius 1 is 1.07 bits per heavy atom. The van der Waals surface area contributed by atoms with E-state index in [0.717, 1.165) is 35.2 Å². The molecule has 0 saturated carbocycles. The molecule has 0 spiro atoms. The van der Waals surface area contributed by atoms with Gasteiger partial charge in [0.2, 0.25) is 0 Å². The van der Waals surface area contributed by atoms with Crippen LogP contribution >= 0.6 is 0 Å². The summed E-state index contributed by atoms with van der Waals surface area (Å²) in [6, 6.07) is 13.3. The van der Waals surface area contributed by atoms with Crippen LogP contribution in [0.1, 0.15) is 62.1 Å². The summed E-state index contributed by atoms with van der Waals surface area (Å²) in [4.78, 5) is 32.6. The Labute approximate surface area is 157 Å². The molecule has 2 heterocycles. The molecule has 0 saturated heterocycles. The second kappa shape index (κ2) is 7.19. The van der Waals surface area contributed by atoms with E-state index >= 15 is 0 Å². The average Bonchev–Trinajstić information content (AvgIpc) is 3.05. The SMILES string of the molecule is Cc1c(C(=O)NC(c2ccccc2)c2ccncc2)[nH]c2c1C(=O)CCC2. The second-order valence-corrected chi connectivity index (χ2v) is 6.85. The van der Waals surface area contributed by atoms with Crippen molar-refractivity contribution in [3.8, 4) is 0 Å². The third kappa shape index (κ3) is 3.28. The van der Waals surface area contributed by atoms with Gasteiger partial charge in [-0.05, 0) is 48.6 Å². The van der Waals surface area contributed by atoms with E-state index in [9.17, 15) is 9.59 Å². The lowest BCUT2D eigenvalue weighted by atomic mass is 9.93. The van der Waals surface area contributed by atoms with E-state index in [-0.39, 0.29) is 17.7 Å². The number of nitrogens with zero attached hydrogens (tertiary/aromatic N) is 1. The summed E-state index contributed by atoms with van der Waals surface area (Å²) in [5.41, 5.74) is 4.75. The molecule has 136 valence electrons. The molecular weight excluding hydrogens is 338 g/mol. The van der Waals surface area contributed by atoms with Crippen molar-refractivity contribution in [3.63, 3.8) is 0 Å². The molecule has 0 aliphatic heterocycles. The predicted octanol–water partition coefficient (Wildman–Crippen LogP) is 3.76. The number of aromatic nitrogens is 2. The minimum absolute atomic E-state index is 0.123. The number of Topliss-reactive ketones (excluding diaryl/α,β-unsaturated/α-hetero) is 1. The van der Waals surface area contributed by atoms with Crippen molar-refractivity contribution in [3.05, 3.63) is 88.5 Å². The Hall–Kier alpha value is -3.21. The zero-order chi connectivity index (χ0) is 18.8. The van der Waals surface area contributed by atoms with Gasteiger partial charge in [0.25, 0.3) is 5.91 Å². The number of pyridine rings is 1. The number of ketones is 1. The molecule has 2 aromatic heterocycles. The number of hydrogen-bond donors (Lipinski definition) is 2. The fraction of sp³-hybridized carbons (Fsp3) is 0.227. The van der Waals surface area contributed by atoms with E-state index < -0.39 is 0 Å². The smallest absolute Gasteiger partial charge is 0.268 e. The predicted molar refractivity (Wildman–Crippen MR) is 103 cm³/mol. The average molecular weight is 359 g/mol. The van der Waals surface area contributed by atoms with Crippen molar-refractivity contribution in [1.82, 2.24) is 15.3 Å². The summed E-state index contributed by atoms with van der Waals surface area (Å²) in [5, 5.41) is 3.12. The van der Waals surface area contributed by atoms with Gasteiger partial charge in [-0.15, -0.1) is 0 Å². The molecule has 0 fully saturated rings. The Kier molecular flexibility index (Phi) is 4.59. The van der Waals surface area contributed by atoms with E-state index in [4.69, 9.17) is 0 Å². The monoisotopic (exact) mass is 359 g/mol. The van der Waals surface area contributed by atoms with Crippen LogP contribution in [0.4, 0.5) is 0 Å². The lowest BCUT2D eigenvalue weighted by Gasteiger charge is -2.19. The second-order valence-electron chi connectivity index (χ2n) is 6.85. The maximum absolute atomic E-state index is 13.1. The molecule has 1 unspecified atom stereocenters. The maximum atomic E-state index is 13.1. The molecular formula is C22H21N3O2. The highest BCUT2D eigenvalue weighted by Gasteiger charge is 2.27. The van der Waals surface area contributed by atoms with Crippen LogP contribution in [0.15, 0.2) is 54.9 Å². The van der Waals surface area contributed by atoms with Crippen LogP contribution in [0, 0.1) is 6.92 Å². The lowest BCUT2D eigenvalue weighted by Crippen LogP contribution is -2.30. The van der Waals surface area contributed by atoms with Gasteiger partial charge in [-0.3, -0.25) is 14.6 Å². The Morgan fingerprint density at radius 3 is 2.48 bits per heavy atom. The van der Waals surface area contributed by atoms with Gasteiger partial charge >= 0.3 is 0 Å². The number of fused-ring (bicyclic) bond motifs is 1. The van der Waals surface area contributed by atoms with E-state index in [2.05, 4.69) is 15.3 Å². The van der Waals surface area contributed by atoms with Crippen LogP contribution in [0.5, 0.6) is 0 Å². The number of aryl methyl sites for hydroxylation is 1. The van der Waals surface area contributed by atoms with Crippen LogP contribution < -0.4 is 5.32 Å². The third-order valence-corrected chi connectivity index (χ3v) is 5.11. The topological polar surface area (TPSA) is 74.8 Å². The first kappa shape index (κ1) is 17.2. The van der Waals surface area contributed by atoms with Crippen LogP contribution in [-0.4, -0.2) is 21.7 Å². The van der Waals surface area contributed by atoms with Crippen molar-refractivity contribution in [2.45, 2.75) is 32.2 Å². The molecule has 1 aromatic carbocycles. The summed E-state index contributed by atoms with van der Waals surface area (Å²) in [7, 11) is 0. The number of hydrogen-bond acceptors (Lipinski definition) is 3. The highest BCUT2D eigenvalue weighted by Crippen LogP contribution is 2.28. The van der Waals surface area contributed by atoms with Gasteiger partial charge in [-0.1, -0.05) is 30.3 Å². The van der Waals surface area contributed by atoms with Gasteiger partial charge in [0.1, 0.15) is 5.69 Å². The third-order valence-electron chi connectivity index (χ3n) is 5.11. The molecule has 1 aliphatic rings. The maximum Gasteiger partial charge on any atom is 0.268 e. The van der Waals surface area contributed by atoms with Crippen molar-refractivity contribution < 1.29 is 9.59 Å². The number of carbonyl (C=O) groups is 2. The minimum Gasteiger partial charge on any atom is -0.354 e. The zero-order valence-electron chi connectivity index (χ0n) is 15.2. The number of benzene rings is 1. The van der Waals surface area contributed by atoms with Crippen molar-refractivity contribution in [2.24, 2.45) is 0 Å². The summed E-state index contributed by atoms with van der Waals surface area (Å²) in [6.07, 6.45) is 5.62. The van der Waals surface area contributed by atoms with Crippen LogP contribution in [0.2, 0.25) is 0 Å². The first-order valence-electron chi connectivity index (χ1n) is 9.15. The van der Waals surface area contributed by atoms with E-state index in [1.807, 2.05) is 49.4 Å². The van der Waals surface area contributed by atoms with E-state index in [0.29, 0.717) is 17.7 Å². The van der Waals surface area contributed by atoms with Gasteiger partial charge < -0.3 is 10.3 Å². The number of carbonyl (C=O) groups excluding carboxylic acids is 2. The normalized spacial score (nSPS) is 14.5. The molecule has 1 amide bonds. The first-order chi connectivity index (χ1) is 13.1. The van der Waals surface area contributed by atoms with Crippen molar-refractivity contribution in [2.75, 3.05) is 0 Å². The highest BCUT2D eigenvalue weighted by molar-refractivity contribution is 6.04. The van der Waals surface area contributed by atoms with Gasteiger partial charge in [0.15, 0.2) is 5.78 Å². The number of nitrogens with one attached hydrogen (secondary N) is 2. The van der Waals surface area contributed by atoms with Crippen LogP contribution in [0.25, 0.3) is 0 Å². The Bertz CT molecular complexity index is 938. The van der Waals surface area contributed by atoms with Gasteiger partial charge in [0.05, 0.1) is 6.04 Å². The van der Waals surface area contributed by atoms with E-state index in [1.54, 1.807) is 12.4 Å². The summed E-state index contributed by atoms with van der Waals surface area (Å²) >= 11 is 0. The number of amides is 1. The molecule has 0 bridgehead atoms. The summed E-state index contributed by atoms with van der Waals surface area (Å²) in [6.45, 7) is 1.84. The fourth-order valence-electron chi connectivity index (χ4n) is 3.76. The molecule has 27 heavy (non-hydrogen) atoms. The number of H-pyrrole nitrogens is 1. The molecule has 5 heteroatoms. The molecule has 0 radical (unpaired) electrons. The zero-order valence-corrected chi connectivity index (χ0v) is 15.2. The van der Waals surface area contributed by atoms with Crippen molar-refractivity contribution in [1.29, 1.82) is 0 Å². The molecule has 2 N–H and O–H groups in total. The largest absolute Gasteiger partial charge is 0.354 e. The van der Waals surface area contributed by atoms with E-state index in [1.165, 1.54) is 0 Å². The highest BCUT2D eigenvalue weighted by atomic mass is 16.2. The van der Waals surface area contributed by atoms with Crippen LogP contribution in [0.3, 0.4) is 0 Å². The Morgan fingerprint density at radius 2 is 1.78 bits per heavy atom. The minimum atomic E-state index is -0.294. The first-order valence-corrected chi connectivity index (χ1v) is 9.15. The number of rotatable bonds is 4. The summed E-state index contributed by atoms with van der Waals surface area (Å²) in [5.74, 6) is -0.0850. The molecule has 4 rings (SSSR count). The molecule has 1 aliphatic carbocycles. The fourth-order valence-corrected chi connectivity index (χ4v) is 3.76. The van der Waals surface area contributed by atoms with Gasteiger partial charge in [-0.25, -0.2) is 0 Å². The van der Waals surface area contributed by atoms with Crippen molar-refractivity contribution >= 4 is 11.7 Å². The molecule has 1 atom stereocenters. The lowest BCUT2D eigenvalue weighted by molar-refractivity contribution is 0.0937. The molecule has 5 nitrogen and oxygen atoms in total. The quantitative estimate of drug-likeness (QED) is 0.745. The van der Waals surface area contributed by atoms with Gasteiger partial charge in [0, 0.05) is 30.1 Å². The van der Waals surface area contributed by atoms with Gasteiger partial charge in [-0.2, -0.15) is 0 Å². The standard InChI is InChI=1S/C22H21N3O2/c1-14-19-17(8-5-9-18(19)26)24-20(14)22(27)25-21(15-6-3-2-4-7-15)16-10-12-23-13-11-16/h2-4,6-7,10-13,21,24H,5,8-9H2,1H3,(H,25,27).